The van der Waals surface area contributed by atoms with Crippen LogP contribution in [0.2, 0.25) is 5.02 Å². The van der Waals surface area contributed by atoms with Gasteiger partial charge in [-0.3, -0.25) is 4.57 Å². The van der Waals surface area contributed by atoms with E-state index in [9.17, 15) is 15.1 Å². The number of rotatable bonds is 7. The van der Waals surface area contributed by atoms with E-state index in [4.69, 9.17) is 20.6 Å². The van der Waals surface area contributed by atoms with Crippen molar-refractivity contribution in [3.05, 3.63) is 47.5 Å². The Kier molecular flexibility index (Phi) is 6.39. The fourth-order valence-electron chi connectivity index (χ4n) is 2.58. The molecule has 1 aromatic rings. The van der Waals surface area contributed by atoms with Crippen LogP contribution in [0.15, 0.2) is 36.9 Å². The maximum atomic E-state index is 13.3. The molecule has 0 heterocycles. The third-order valence-corrected chi connectivity index (χ3v) is 6.85. The Bertz CT molecular complexity index is 727. The molecule has 0 aliphatic heterocycles. The molecular weight excluding hydrogens is 347 g/mol. The van der Waals surface area contributed by atoms with Crippen molar-refractivity contribution in [2.24, 2.45) is 10.8 Å². The Morgan fingerprint density at radius 3 is 2.21 bits per heavy atom. The molecule has 0 aromatic heterocycles. The largest absolute Gasteiger partial charge is 0.340 e. The summed E-state index contributed by atoms with van der Waals surface area (Å²) in [5.41, 5.74) is -3.49. The zero-order chi connectivity index (χ0) is 18.6. The molecule has 0 aliphatic carbocycles. The lowest BCUT2D eigenvalue weighted by Gasteiger charge is -2.41. The average Bonchev–Trinajstić information content (AvgIpc) is 2.58. The SMILES string of the molecule is C=CC(C)(C)C(C#N)(C#N)[C@@H](c1cccc(Cl)c1)P(=O)(OC)OC. The Labute approximate surface area is 148 Å². The second kappa shape index (κ2) is 7.51. The molecule has 5 nitrogen and oxygen atoms in total. The molecule has 128 valence electrons. The lowest BCUT2D eigenvalue weighted by molar-refractivity contribution is 0.201. The van der Waals surface area contributed by atoms with Gasteiger partial charge in [0.25, 0.3) is 0 Å². The van der Waals surface area contributed by atoms with E-state index >= 15 is 0 Å². The minimum absolute atomic E-state index is 0.387. The van der Waals surface area contributed by atoms with Crippen molar-refractivity contribution < 1.29 is 13.6 Å². The molecule has 0 saturated heterocycles. The fourth-order valence-corrected chi connectivity index (χ4v) is 4.80. The maximum Gasteiger partial charge on any atom is 0.340 e. The van der Waals surface area contributed by atoms with Gasteiger partial charge in [-0.05, 0) is 17.7 Å². The van der Waals surface area contributed by atoms with E-state index < -0.39 is 24.1 Å². The van der Waals surface area contributed by atoms with Gasteiger partial charge in [-0.25, -0.2) is 0 Å². The summed E-state index contributed by atoms with van der Waals surface area (Å²) in [6, 6.07) is 10.6. The van der Waals surface area contributed by atoms with Crippen LogP contribution in [0.3, 0.4) is 0 Å². The van der Waals surface area contributed by atoms with E-state index in [-0.39, 0.29) is 0 Å². The molecule has 0 spiro atoms. The van der Waals surface area contributed by atoms with Gasteiger partial charge >= 0.3 is 7.60 Å². The van der Waals surface area contributed by atoms with Crippen molar-refractivity contribution in [1.29, 1.82) is 10.5 Å². The summed E-state index contributed by atoms with van der Waals surface area (Å²) in [7, 11) is -1.40. The van der Waals surface area contributed by atoms with Crippen molar-refractivity contribution in [1.82, 2.24) is 0 Å². The predicted molar refractivity (Wildman–Crippen MR) is 93.5 cm³/mol. The molecule has 1 aromatic carbocycles. The van der Waals surface area contributed by atoms with Gasteiger partial charge in [0.05, 0.1) is 12.1 Å². The molecule has 0 aliphatic rings. The maximum absolute atomic E-state index is 13.3. The van der Waals surface area contributed by atoms with Crippen LogP contribution in [0, 0.1) is 33.5 Å². The first-order valence-electron chi connectivity index (χ1n) is 7.10. The van der Waals surface area contributed by atoms with Crippen LogP contribution in [-0.4, -0.2) is 14.2 Å². The standard InChI is InChI=1S/C17H20ClN2O3P/c1-6-16(2,3)17(11-19,12-20)15(24(21,22-4)23-5)13-8-7-9-14(18)10-13/h6-10,15H,1H2,2-5H3/t15-/m1/s1. The van der Waals surface area contributed by atoms with Crippen LogP contribution >= 0.6 is 19.2 Å². The van der Waals surface area contributed by atoms with E-state index in [1.165, 1.54) is 20.3 Å². The van der Waals surface area contributed by atoms with E-state index in [0.717, 1.165) is 0 Å². The Morgan fingerprint density at radius 1 is 1.29 bits per heavy atom. The van der Waals surface area contributed by atoms with Crippen molar-refractivity contribution in [3.63, 3.8) is 0 Å². The van der Waals surface area contributed by atoms with E-state index in [2.05, 4.69) is 6.58 Å². The van der Waals surface area contributed by atoms with Gasteiger partial charge in [0.2, 0.25) is 0 Å². The highest BCUT2D eigenvalue weighted by Crippen LogP contribution is 2.69. The van der Waals surface area contributed by atoms with Gasteiger partial charge in [-0.1, -0.05) is 43.7 Å². The summed E-state index contributed by atoms with van der Waals surface area (Å²) in [5.74, 6) is 0. The molecular formula is C17H20ClN2O3P. The highest BCUT2D eigenvalue weighted by atomic mass is 35.5. The second-order valence-corrected chi connectivity index (χ2v) is 8.58. The van der Waals surface area contributed by atoms with Crippen LogP contribution in [0.25, 0.3) is 0 Å². The summed E-state index contributed by atoms with van der Waals surface area (Å²) in [6.45, 7) is 7.08. The van der Waals surface area contributed by atoms with Gasteiger partial charge in [0.1, 0.15) is 5.66 Å². The van der Waals surface area contributed by atoms with E-state index in [0.29, 0.717) is 10.6 Å². The quantitative estimate of drug-likeness (QED) is 0.494. The van der Waals surface area contributed by atoms with Crippen molar-refractivity contribution in [2.45, 2.75) is 19.5 Å². The van der Waals surface area contributed by atoms with Crippen LogP contribution < -0.4 is 0 Å². The molecule has 0 fully saturated rings. The number of allylic oxidation sites excluding steroid dienone is 1. The number of nitrogens with zero attached hydrogens (tertiary/aromatic N) is 2. The zero-order valence-corrected chi connectivity index (χ0v) is 15.8. The smallest absolute Gasteiger partial charge is 0.311 e. The first-order valence-corrected chi connectivity index (χ1v) is 9.09. The molecule has 7 heteroatoms. The lowest BCUT2D eigenvalue weighted by Crippen LogP contribution is -2.40. The molecule has 1 atom stereocenters. The van der Waals surface area contributed by atoms with Gasteiger partial charge in [-0.2, -0.15) is 10.5 Å². The molecule has 0 bridgehead atoms. The summed E-state index contributed by atoms with van der Waals surface area (Å²) < 4.78 is 23.6. The van der Waals surface area contributed by atoms with Crippen LogP contribution in [0.1, 0.15) is 25.1 Å². The highest BCUT2D eigenvalue weighted by Gasteiger charge is 2.59. The van der Waals surface area contributed by atoms with Gasteiger partial charge in [0.15, 0.2) is 5.41 Å². The average molecular weight is 367 g/mol. The van der Waals surface area contributed by atoms with Gasteiger partial charge in [0, 0.05) is 24.7 Å². The van der Waals surface area contributed by atoms with Gasteiger partial charge in [-0.15, -0.1) is 6.58 Å². The molecule has 0 radical (unpaired) electrons. The Balaban J connectivity index is 3.89. The first-order chi connectivity index (χ1) is 11.2. The minimum Gasteiger partial charge on any atom is -0.311 e. The van der Waals surface area contributed by atoms with Gasteiger partial charge < -0.3 is 9.05 Å². The summed E-state index contributed by atoms with van der Waals surface area (Å²) >= 11 is 6.05. The summed E-state index contributed by atoms with van der Waals surface area (Å²) in [6.07, 6.45) is 1.49. The number of nitriles is 2. The molecule has 24 heavy (non-hydrogen) atoms. The minimum atomic E-state index is -3.85. The molecule has 0 saturated carbocycles. The lowest BCUT2D eigenvalue weighted by atomic mass is 9.64. The Hall–Kier alpha value is -1.62. The molecule has 1 rings (SSSR count). The number of hydrogen-bond donors (Lipinski definition) is 0. The zero-order valence-electron chi connectivity index (χ0n) is 14.1. The fraction of sp³-hybridized carbons (Fsp3) is 0.412. The molecule has 0 unspecified atom stereocenters. The third kappa shape index (κ3) is 3.27. The highest BCUT2D eigenvalue weighted by molar-refractivity contribution is 7.54. The monoisotopic (exact) mass is 366 g/mol. The van der Waals surface area contributed by atoms with Crippen molar-refractivity contribution >= 4 is 19.2 Å². The molecule has 0 amide bonds. The molecule has 0 N–H and O–H groups in total. The van der Waals surface area contributed by atoms with E-state index in [1.807, 2.05) is 12.1 Å². The summed E-state index contributed by atoms with van der Waals surface area (Å²) in [5, 5.41) is 20.2. The Morgan fingerprint density at radius 2 is 1.83 bits per heavy atom. The van der Waals surface area contributed by atoms with E-state index in [1.54, 1.807) is 38.1 Å². The first kappa shape index (κ1) is 20.4. The number of halogens is 1. The predicted octanol–water partition coefficient (Wildman–Crippen LogP) is 5.11. The topological polar surface area (TPSA) is 83.1 Å². The van der Waals surface area contributed by atoms with Crippen LogP contribution in [0.5, 0.6) is 0 Å². The van der Waals surface area contributed by atoms with Crippen LogP contribution in [-0.2, 0) is 13.6 Å². The number of hydrogen-bond acceptors (Lipinski definition) is 5. The number of benzene rings is 1. The summed E-state index contributed by atoms with van der Waals surface area (Å²) in [4.78, 5) is 0. The third-order valence-electron chi connectivity index (χ3n) is 4.28. The van der Waals surface area contributed by atoms with Crippen LogP contribution in [0.4, 0.5) is 0 Å². The van der Waals surface area contributed by atoms with Crippen molar-refractivity contribution in [2.75, 3.05) is 14.2 Å². The normalized spacial score (nSPS) is 13.6. The van der Waals surface area contributed by atoms with Crippen molar-refractivity contribution in [3.8, 4) is 12.1 Å². The second-order valence-electron chi connectivity index (χ2n) is 5.82.